The van der Waals surface area contributed by atoms with E-state index in [1.807, 2.05) is 30.3 Å². The number of benzene rings is 2. The fourth-order valence-corrected chi connectivity index (χ4v) is 2.47. The first-order valence-corrected chi connectivity index (χ1v) is 7.18. The van der Waals surface area contributed by atoms with Crippen LogP contribution >= 0.6 is 11.6 Å². The molecule has 0 aliphatic rings. The van der Waals surface area contributed by atoms with Crippen molar-refractivity contribution in [2.24, 2.45) is 4.99 Å². The van der Waals surface area contributed by atoms with E-state index in [4.69, 9.17) is 11.6 Å². The van der Waals surface area contributed by atoms with Gasteiger partial charge in [-0.2, -0.15) is 0 Å². The van der Waals surface area contributed by atoms with Gasteiger partial charge in [-0.3, -0.25) is 4.99 Å². The van der Waals surface area contributed by atoms with Gasteiger partial charge < -0.3 is 10.1 Å². The number of fused-ring (bicyclic) bond motifs is 1. The van der Waals surface area contributed by atoms with Crippen LogP contribution < -0.4 is 0 Å². The summed E-state index contributed by atoms with van der Waals surface area (Å²) < 4.78 is 0. The summed E-state index contributed by atoms with van der Waals surface area (Å²) in [5, 5.41) is 11.5. The Morgan fingerprint density at radius 1 is 1.24 bits per heavy atom. The van der Waals surface area contributed by atoms with Crippen molar-refractivity contribution in [3.63, 3.8) is 0 Å². The maximum absolute atomic E-state index is 10.0. The zero-order valence-corrected chi connectivity index (χ0v) is 12.4. The molecule has 0 fully saturated rings. The lowest BCUT2D eigenvalue weighted by Crippen LogP contribution is -1.81. The molecule has 21 heavy (non-hydrogen) atoms. The monoisotopic (exact) mass is 298 g/mol. The van der Waals surface area contributed by atoms with Gasteiger partial charge in [0.1, 0.15) is 0 Å². The Balaban J connectivity index is 2.02. The van der Waals surface area contributed by atoms with Gasteiger partial charge in [-0.15, -0.1) is 0 Å². The summed E-state index contributed by atoms with van der Waals surface area (Å²) in [6.45, 7) is 2.11. The van der Waals surface area contributed by atoms with E-state index in [9.17, 15) is 5.11 Å². The number of aromatic amines is 1. The molecule has 1 aromatic heterocycles. The van der Waals surface area contributed by atoms with Gasteiger partial charge in [0.25, 0.3) is 0 Å². The molecule has 0 aliphatic heterocycles. The summed E-state index contributed by atoms with van der Waals surface area (Å²) in [5.41, 5.74) is 3.58. The first-order chi connectivity index (χ1) is 10.2. The highest BCUT2D eigenvalue weighted by molar-refractivity contribution is 6.31. The van der Waals surface area contributed by atoms with E-state index < -0.39 is 0 Å². The fourth-order valence-electron chi connectivity index (χ4n) is 2.30. The molecule has 3 nitrogen and oxygen atoms in total. The van der Waals surface area contributed by atoms with Crippen LogP contribution in [0.4, 0.5) is 5.69 Å². The van der Waals surface area contributed by atoms with E-state index in [0.717, 1.165) is 23.0 Å². The Morgan fingerprint density at radius 3 is 2.90 bits per heavy atom. The Morgan fingerprint density at radius 2 is 2.10 bits per heavy atom. The minimum atomic E-state index is 0.0997. The van der Waals surface area contributed by atoms with Gasteiger partial charge in [0.15, 0.2) is 5.88 Å². The van der Waals surface area contributed by atoms with E-state index in [-0.39, 0.29) is 5.88 Å². The summed E-state index contributed by atoms with van der Waals surface area (Å²) in [5.74, 6) is 0.0997. The van der Waals surface area contributed by atoms with Crippen LogP contribution in [-0.4, -0.2) is 16.3 Å². The number of aromatic hydroxyl groups is 1. The molecule has 2 N–H and O–H groups in total. The van der Waals surface area contributed by atoms with Crippen molar-refractivity contribution in [3.05, 3.63) is 58.6 Å². The maximum Gasteiger partial charge on any atom is 0.198 e. The molecule has 2 aromatic carbocycles. The van der Waals surface area contributed by atoms with Crippen molar-refractivity contribution in [1.82, 2.24) is 4.98 Å². The number of aromatic nitrogens is 1. The van der Waals surface area contributed by atoms with Gasteiger partial charge in [0.05, 0.1) is 11.3 Å². The Kier molecular flexibility index (Phi) is 3.67. The number of rotatable bonds is 3. The second-order valence-corrected chi connectivity index (χ2v) is 5.30. The molecule has 1 heterocycles. The minimum absolute atomic E-state index is 0.0997. The summed E-state index contributed by atoms with van der Waals surface area (Å²) in [6, 6.07) is 13.5. The summed E-state index contributed by atoms with van der Waals surface area (Å²) in [7, 11) is 0. The fraction of sp³-hybridized carbons (Fsp3) is 0.118. The van der Waals surface area contributed by atoms with E-state index >= 15 is 0 Å². The van der Waals surface area contributed by atoms with Crippen molar-refractivity contribution in [3.8, 4) is 5.88 Å². The molecule has 0 aliphatic carbocycles. The molecule has 3 rings (SSSR count). The summed E-state index contributed by atoms with van der Waals surface area (Å²) in [4.78, 5) is 7.37. The van der Waals surface area contributed by atoms with Crippen LogP contribution in [0, 0.1) is 0 Å². The van der Waals surface area contributed by atoms with E-state index in [1.165, 1.54) is 5.56 Å². The van der Waals surface area contributed by atoms with Crippen molar-refractivity contribution >= 4 is 34.4 Å². The molecule has 0 saturated heterocycles. The van der Waals surface area contributed by atoms with Gasteiger partial charge in [0.2, 0.25) is 0 Å². The van der Waals surface area contributed by atoms with Crippen LogP contribution in [0.1, 0.15) is 18.1 Å². The zero-order valence-electron chi connectivity index (χ0n) is 11.6. The number of halogens is 1. The summed E-state index contributed by atoms with van der Waals surface area (Å²) >= 11 is 6.02. The highest BCUT2D eigenvalue weighted by atomic mass is 35.5. The normalized spacial score (nSPS) is 11.5. The van der Waals surface area contributed by atoms with E-state index in [0.29, 0.717) is 10.6 Å². The van der Waals surface area contributed by atoms with Crippen molar-refractivity contribution in [2.75, 3.05) is 0 Å². The van der Waals surface area contributed by atoms with Gasteiger partial charge in [-0.25, -0.2) is 0 Å². The predicted octanol–water partition coefficient (Wildman–Crippen LogP) is 4.84. The maximum atomic E-state index is 10.0. The number of hydrogen-bond acceptors (Lipinski definition) is 2. The lowest BCUT2D eigenvalue weighted by Gasteiger charge is -1.98. The van der Waals surface area contributed by atoms with Crippen LogP contribution in [0.3, 0.4) is 0 Å². The third-order valence-electron chi connectivity index (χ3n) is 3.44. The quantitative estimate of drug-likeness (QED) is 0.668. The molecule has 0 saturated carbocycles. The average molecular weight is 299 g/mol. The van der Waals surface area contributed by atoms with Gasteiger partial charge in [0, 0.05) is 22.1 Å². The number of aryl methyl sites for hydroxylation is 1. The zero-order chi connectivity index (χ0) is 14.8. The number of nitrogens with one attached hydrogen (secondary N) is 1. The lowest BCUT2D eigenvalue weighted by atomic mass is 10.1. The molecule has 4 heteroatoms. The smallest absolute Gasteiger partial charge is 0.198 e. The minimum Gasteiger partial charge on any atom is -0.494 e. The topological polar surface area (TPSA) is 48.4 Å². The first kappa shape index (κ1) is 13.7. The van der Waals surface area contributed by atoms with Crippen LogP contribution in [-0.2, 0) is 6.42 Å². The average Bonchev–Trinajstić information content (AvgIpc) is 2.80. The second kappa shape index (κ2) is 5.62. The summed E-state index contributed by atoms with van der Waals surface area (Å²) in [6.07, 6.45) is 2.64. The SMILES string of the molecule is CCc1cccc(N=Cc2c(O)[nH]c3ccc(Cl)cc23)c1. The molecular weight excluding hydrogens is 284 g/mol. The Bertz CT molecular complexity index is 821. The van der Waals surface area contributed by atoms with Crippen LogP contribution in [0.25, 0.3) is 10.9 Å². The van der Waals surface area contributed by atoms with E-state index in [1.54, 1.807) is 12.3 Å². The molecule has 0 spiro atoms. The second-order valence-electron chi connectivity index (χ2n) is 4.86. The Hall–Kier alpha value is -2.26. The number of H-pyrrole nitrogens is 1. The highest BCUT2D eigenvalue weighted by Crippen LogP contribution is 2.28. The molecular formula is C17H15ClN2O. The van der Waals surface area contributed by atoms with Crippen LogP contribution in [0.15, 0.2) is 47.5 Å². The third-order valence-corrected chi connectivity index (χ3v) is 3.68. The molecule has 0 radical (unpaired) electrons. The standard InChI is InChI=1S/C17H15ClN2O/c1-2-11-4-3-5-13(8-11)19-10-15-14-9-12(18)6-7-16(14)20-17(15)21/h3-10,20-21H,2H2,1H3. The number of hydrogen-bond donors (Lipinski definition) is 2. The largest absolute Gasteiger partial charge is 0.494 e. The lowest BCUT2D eigenvalue weighted by molar-refractivity contribution is 0.457. The van der Waals surface area contributed by atoms with E-state index in [2.05, 4.69) is 23.0 Å². The Labute approximate surface area is 127 Å². The predicted molar refractivity (Wildman–Crippen MR) is 88.0 cm³/mol. The van der Waals surface area contributed by atoms with Crippen LogP contribution in [0.2, 0.25) is 5.02 Å². The van der Waals surface area contributed by atoms with Gasteiger partial charge >= 0.3 is 0 Å². The molecule has 0 unspecified atom stereocenters. The van der Waals surface area contributed by atoms with Crippen LogP contribution in [0.5, 0.6) is 5.88 Å². The molecule has 106 valence electrons. The third kappa shape index (κ3) is 2.78. The molecule has 0 bridgehead atoms. The van der Waals surface area contributed by atoms with Crippen molar-refractivity contribution < 1.29 is 5.11 Å². The van der Waals surface area contributed by atoms with Crippen molar-refractivity contribution in [1.29, 1.82) is 0 Å². The molecule has 0 atom stereocenters. The van der Waals surface area contributed by atoms with Gasteiger partial charge in [-0.05, 0) is 42.3 Å². The first-order valence-electron chi connectivity index (χ1n) is 6.80. The van der Waals surface area contributed by atoms with Crippen molar-refractivity contribution in [2.45, 2.75) is 13.3 Å². The number of aliphatic imine (C=N–C) groups is 1. The molecule has 0 amide bonds. The van der Waals surface area contributed by atoms with Gasteiger partial charge in [-0.1, -0.05) is 30.7 Å². The number of nitrogens with zero attached hydrogens (tertiary/aromatic N) is 1. The molecule has 3 aromatic rings. The highest BCUT2D eigenvalue weighted by Gasteiger charge is 2.09.